The molecule has 0 unspecified atom stereocenters. The SMILES string of the molecule is O=c1cnc(=O)c2sccc2[nH]1. The number of H-pyrrole nitrogens is 1. The van der Waals surface area contributed by atoms with Crippen molar-refractivity contribution in [3.63, 3.8) is 0 Å². The van der Waals surface area contributed by atoms with Crippen LogP contribution in [0.25, 0.3) is 10.2 Å². The minimum absolute atomic E-state index is 0.361. The van der Waals surface area contributed by atoms with Crippen LogP contribution >= 0.6 is 11.3 Å². The van der Waals surface area contributed by atoms with Gasteiger partial charge >= 0.3 is 0 Å². The van der Waals surface area contributed by atoms with Crippen molar-refractivity contribution in [2.24, 2.45) is 0 Å². The molecule has 0 aliphatic heterocycles. The predicted octanol–water partition coefficient (Wildman–Crippen LogP) is 0.345. The third-order valence-corrected chi connectivity index (χ3v) is 2.32. The molecule has 0 aromatic carbocycles. The first-order chi connectivity index (χ1) is 5.77. The highest BCUT2D eigenvalue weighted by atomic mass is 32.1. The van der Waals surface area contributed by atoms with Crippen LogP contribution in [0.5, 0.6) is 0 Å². The molecular weight excluding hydrogens is 176 g/mol. The number of nitrogens with one attached hydrogen (secondary N) is 1. The highest BCUT2D eigenvalue weighted by Crippen LogP contribution is 2.10. The van der Waals surface area contributed by atoms with Gasteiger partial charge in [0.15, 0.2) is 0 Å². The second-order valence-electron chi connectivity index (χ2n) is 2.22. The smallest absolute Gasteiger partial charge is 0.289 e. The number of hydrogen-bond acceptors (Lipinski definition) is 4. The Morgan fingerprint density at radius 1 is 1.42 bits per heavy atom. The topological polar surface area (TPSA) is 62.8 Å². The van der Waals surface area contributed by atoms with E-state index in [1.54, 1.807) is 11.4 Å². The van der Waals surface area contributed by atoms with Crippen LogP contribution in [0, 0.1) is 0 Å². The lowest BCUT2D eigenvalue weighted by molar-refractivity contribution is 1.23. The maximum absolute atomic E-state index is 11.1. The van der Waals surface area contributed by atoms with Crippen molar-refractivity contribution < 1.29 is 0 Å². The predicted molar refractivity (Wildman–Crippen MR) is 46.5 cm³/mol. The fourth-order valence-electron chi connectivity index (χ4n) is 0.914. The van der Waals surface area contributed by atoms with Crippen molar-refractivity contribution in [3.8, 4) is 0 Å². The van der Waals surface area contributed by atoms with Crippen LogP contribution in [0.2, 0.25) is 0 Å². The molecule has 0 fully saturated rings. The van der Waals surface area contributed by atoms with Crippen LogP contribution in [0.3, 0.4) is 0 Å². The van der Waals surface area contributed by atoms with Crippen molar-refractivity contribution in [1.29, 1.82) is 0 Å². The zero-order valence-electron chi connectivity index (χ0n) is 5.90. The van der Waals surface area contributed by atoms with Crippen LogP contribution in [0.4, 0.5) is 0 Å². The van der Waals surface area contributed by atoms with E-state index in [2.05, 4.69) is 9.97 Å². The van der Waals surface area contributed by atoms with Crippen LogP contribution in [-0.4, -0.2) is 9.97 Å². The molecule has 0 spiro atoms. The quantitative estimate of drug-likeness (QED) is 0.636. The molecule has 5 heteroatoms. The highest BCUT2D eigenvalue weighted by molar-refractivity contribution is 7.17. The average molecular weight is 180 g/mol. The highest BCUT2D eigenvalue weighted by Gasteiger charge is 1.97. The first-order valence-electron chi connectivity index (χ1n) is 3.24. The number of fused-ring (bicyclic) bond motifs is 1. The number of thiophene rings is 1. The summed E-state index contributed by atoms with van der Waals surface area (Å²) in [6, 6.07) is 1.68. The Hall–Kier alpha value is -1.49. The van der Waals surface area contributed by atoms with Crippen molar-refractivity contribution in [2.75, 3.05) is 0 Å². The minimum atomic E-state index is -0.363. The van der Waals surface area contributed by atoms with Gasteiger partial charge in [-0.25, -0.2) is 4.98 Å². The molecule has 0 amide bonds. The monoisotopic (exact) mass is 180 g/mol. The summed E-state index contributed by atoms with van der Waals surface area (Å²) in [7, 11) is 0. The molecule has 2 rings (SSSR count). The molecule has 0 saturated heterocycles. The standard InChI is InChI=1S/C7H4N2O2S/c10-5-3-8-7(11)6-4(9-5)1-2-12-6/h1-3H,(H,9,10). The van der Waals surface area contributed by atoms with E-state index in [4.69, 9.17) is 0 Å². The molecule has 0 bridgehead atoms. The average Bonchev–Trinajstić information content (AvgIpc) is 2.44. The van der Waals surface area contributed by atoms with Gasteiger partial charge in [0.2, 0.25) is 0 Å². The molecule has 12 heavy (non-hydrogen) atoms. The van der Waals surface area contributed by atoms with E-state index < -0.39 is 0 Å². The van der Waals surface area contributed by atoms with Gasteiger partial charge < -0.3 is 4.98 Å². The Bertz CT molecular complexity index is 528. The summed E-state index contributed by atoms with van der Waals surface area (Å²) in [5.41, 5.74) is -0.175. The van der Waals surface area contributed by atoms with Crippen molar-refractivity contribution in [3.05, 3.63) is 38.4 Å². The Morgan fingerprint density at radius 3 is 3.08 bits per heavy atom. The van der Waals surface area contributed by atoms with Gasteiger partial charge in [-0.2, -0.15) is 0 Å². The number of nitrogens with zero attached hydrogens (tertiary/aromatic N) is 1. The Balaban J connectivity index is 3.15. The van der Waals surface area contributed by atoms with E-state index in [0.717, 1.165) is 6.20 Å². The van der Waals surface area contributed by atoms with Gasteiger partial charge in [0.25, 0.3) is 11.1 Å². The van der Waals surface area contributed by atoms with Crippen LogP contribution < -0.4 is 11.1 Å². The van der Waals surface area contributed by atoms with Crippen LogP contribution in [-0.2, 0) is 0 Å². The third-order valence-electron chi connectivity index (χ3n) is 1.42. The zero-order valence-corrected chi connectivity index (χ0v) is 6.72. The normalized spacial score (nSPS) is 10.3. The van der Waals surface area contributed by atoms with Crippen molar-refractivity contribution in [1.82, 2.24) is 9.97 Å². The van der Waals surface area contributed by atoms with E-state index >= 15 is 0 Å². The molecule has 2 aromatic rings. The number of rotatable bonds is 0. The molecule has 60 valence electrons. The van der Waals surface area contributed by atoms with Crippen molar-refractivity contribution in [2.45, 2.75) is 0 Å². The van der Waals surface area contributed by atoms with E-state index in [1.165, 1.54) is 11.3 Å². The molecule has 0 radical (unpaired) electrons. The lowest BCUT2D eigenvalue weighted by atomic mass is 10.5. The molecule has 2 aromatic heterocycles. The lowest BCUT2D eigenvalue weighted by Gasteiger charge is -1.73. The van der Waals surface area contributed by atoms with Crippen LogP contribution in [0.15, 0.2) is 27.2 Å². The first kappa shape index (κ1) is 7.17. The summed E-state index contributed by atoms with van der Waals surface area (Å²) in [6.07, 6.45) is 0.995. The van der Waals surface area contributed by atoms with Crippen molar-refractivity contribution >= 4 is 21.6 Å². The number of aromatic nitrogens is 2. The van der Waals surface area contributed by atoms with Gasteiger partial charge in [0, 0.05) is 0 Å². The Morgan fingerprint density at radius 2 is 2.25 bits per heavy atom. The van der Waals surface area contributed by atoms with Gasteiger partial charge in [-0.3, -0.25) is 9.59 Å². The fraction of sp³-hybridized carbons (Fsp3) is 0. The van der Waals surface area contributed by atoms with Gasteiger partial charge in [0.05, 0.1) is 11.7 Å². The summed E-state index contributed by atoms with van der Waals surface area (Å²) in [5, 5.41) is 1.74. The summed E-state index contributed by atoms with van der Waals surface area (Å²) in [6.45, 7) is 0. The molecule has 4 nitrogen and oxygen atoms in total. The van der Waals surface area contributed by atoms with Gasteiger partial charge in [-0.1, -0.05) is 0 Å². The largest absolute Gasteiger partial charge is 0.320 e. The Labute approximate surface area is 70.5 Å². The first-order valence-corrected chi connectivity index (χ1v) is 4.12. The molecule has 1 N–H and O–H groups in total. The molecule has 0 aliphatic carbocycles. The van der Waals surface area contributed by atoms with Crippen LogP contribution in [0.1, 0.15) is 0 Å². The minimum Gasteiger partial charge on any atom is -0.320 e. The fourth-order valence-corrected chi connectivity index (χ4v) is 1.65. The molecule has 2 heterocycles. The Kier molecular flexibility index (Phi) is 1.51. The number of aromatic amines is 1. The maximum atomic E-state index is 11.1. The molecule has 0 saturated carbocycles. The molecule has 0 atom stereocenters. The third kappa shape index (κ3) is 1.04. The van der Waals surface area contributed by atoms with Gasteiger partial charge in [-0.05, 0) is 11.4 Å². The summed E-state index contributed by atoms with van der Waals surface area (Å²) in [5.74, 6) is 0. The molecule has 0 aliphatic rings. The number of hydrogen-bond donors (Lipinski definition) is 1. The van der Waals surface area contributed by atoms with E-state index in [0.29, 0.717) is 10.2 Å². The summed E-state index contributed by atoms with van der Waals surface area (Å²) >= 11 is 1.27. The second-order valence-corrected chi connectivity index (χ2v) is 3.13. The second kappa shape index (κ2) is 2.53. The van der Waals surface area contributed by atoms with E-state index in [1.807, 2.05) is 0 Å². The van der Waals surface area contributed by atoms with Gasteiger partial charge in [-0.15, -0.1) is 11.3 Å². The summed E-state index contributed by atoms with van der Waals surface area (Å²) < 4.78 is 0.483. The maximum Gasteiger partial charge on any atom is 0.289 e. The lowest BCUT2D eigenvalue weighted by Crippen LogP contribution is -2.02. The van der Waals surface area contributed by atoms with Gasteiger partial charge in [0.1, 0.15) is 4.70 Å². The zero-order chi connectivity index (χ0) is 8.55. The summed E-state index contributed by atoms with van der Waals surface area (Å²) in [4.78, 5) is 28.0. The van der Waals surface area contributed by atoms with E-state index in [-0.39, 0.29) is 11.1 Å². The molecular formula is C7H4N2O2S. The van der Waals surface area contributed by atoms with E-state index in [9.17, 15) is 9.59 Å².